The van der Waals surface area contributed by atoms with Gasteiger partial charge in [0, 0.05) is 11.4 Å². The fourth-order valence-electron chi connectivity index (χ4n) is 2.17. The van der Waals surface area contributed by atoms with Crippen molar-refractivity contribution < 1.29 is 0 Å². The highest BCUT2D eigenvalue weighted by molar-refractivity contribution is 7.97. The molecule has 2 aromatic carbocycles. The lowest BCUT2D eigenvalue weighted by Gasteiger charge is -2.19. The molecule has 2 aromatic rings. The Hall–Kier alpha value is -1.25. The molecule has 0 amide bonds. The molecule has 0 heterocycles. The first-order valence-electron chi connectivity index (χ1n) is 7.60. The summed E-state index contributed by atoms with van der Waals surface area (Å²) in [6, 6.07) is 19.5. The van der Waals surface area contributed by atoms with E-state index in [4.69, 9.17) is 0 Å². The highest BCUT2D eigenvalue weighted by atomic mass is 32.2. The van der Waals surface area contributed by atoms with Crippen LogP contribution in [-0.2, 0) is 11.8 Å². The SMILES string of the molecule is CC(C)(C)c1ccc(SNCCCc2ccccc2)cc1. The van der Waals surface area contributed by atoms with Gasteiger partial charge >= 0.3 is 0 Å². The van der Waals surface area contributed by atoms with E-state index >= 15 is 0 Å². The monoisotopic (exact) mass is 299 g/mol. The lowest BCUT2D eigenvalue weighted by Crippen LogP contribution is -2.10. The molecule has 0 spiro atoms. The van der Waals surface area contributed by atoms with Crippen molar-refractivity contribution >= 4 is 11.9 Å². The maximum absolute atomic E-state index is 3.45. The van der Waals surface area contributed by atoms with Crippen LogP contribution in [-0.4, -0.2) is 6.54 Å². The van der Waals surface area contributed by atoms with Crippen LogP contribution in [0.5, 0.6) is 0 Å². The van der Waals surface area contributed by atoms with Crippen molar-refractivity contribution in [3.8, 4) is 0 Å². The number of nitrogens with one attached hydrogen (secondary N) is 1. The number of benzene rings is 2. The van der Waals surface area contributed by atoms with Gasteiger partial charge in [0.1, 0.15) is 0 Å². The third-order valence-corrected chi connectivity index (χ3v) is 4.35. The van der Waals surface area contributed by atoms with Gasteiger partial charge in [0.15, 0.2) is 0 Å². The van der Waals surface area contributed by atoms with Crippen LogP contribution in [0.4, 0.5) is 0 Å². The predicted octanol–water partition coefficient (Wildman–Crippen LogP) is 5.21. The summed E-state index contributed by atoms with van der Waals surface area (Å²) in [5, 5.41) is 0. The summed E-state index contributed by atoms with van der Waals surface area (Å²) in [4.78, 5) is 1.28. The second-order valence-corrected chi connectivity index (χ2v) is 7.32. The van der Waals surface area contributed by atoms with Crippen molar-refractivity contribution in [3.05, 3.63) is 65.7 Å². The lowest BCUT2D eigenvalue weighted by atomic mass is 9.87. The molecule has 21 heavy (non-hydrogen) atoms. The first-order chi connectivity index (χ1) is 10.1. The number of hydrogen-bond acceptors (Lipinski definition) is 2. The zero-order valence-corrected chi connectivity index (χ0v) is 14.0. The minimum Gasteiger partial charge on any atom is -0.260 e. The van der Waals surface area contributed by atoms with Crippen LogP contribution >= 0.6 is 11.9 Å². The highest BCUT2D eigenvalue weighted by Crippen LogP contribution is 2.24. The van der Waals surface area contributed by atoms with E-state index in [-0.39, 0.29) is 5.41 Å². The zero-order valence-electron chi connectivity index (χ0n) is 13.2. The highest BCUT2D eigenvalue weighted by Gasteiger charge is 2.12. The molecule has 0 saturated heterocycles. The molecule has 0 saturated carbocycles. The fraction of sp³-hybridized carbons (Fsp3) is 0.368. The molecule has 2 rings (SSSR count). The van der Waals surface area contributed by atoms with Crippen molar-refractivity contribution in [2.75, 3.05) is 6.54 Å². The fourth-order valence-corrected chi connectivity index (χ4v) is 2.85. The van der Waals surface area contributed by atoms with E-state index in [0.29, 0.717) is 0 Å². The zero-order chi connectivity index (χ0) is 15.1. The smallest absolute Gasteiger partial charge is 0.0228 e. The largest absolute Gasteiger partial charge is 0.260 e. The topological polar surface area (TPSA) is 12.0 Å². The van der Waals surface area contributed by atoms with Gasteiger partial charge in [0.25, 0.3) is 0 Å². The average molecular weight is 299 g/mol. The van der Waals surface area contributed by atoms with E-state index in [1.165, 1.54) is 16.0 Å². The quantitative estimate of drug-likeness (QED) is 0.580. The van der Waals surface area contributed by atoms with E-state index in [1.54, 1.807) is 11.9 Å². The lowest BCUT2D eigenvalue weighted by molar-refractivity contribution is 0.589. The molecule has 2 heteroatoms. The van der Waals surface area contributed by atoms with Gasteiger partial charge in [-0.1, -0.05) is 63.2 Å². The molecule has 0 aliphatic heterocycles. The van der Waals surface area contributed by atoms with Crippen molar-refractivity contribution in [1.29, 1.82) is 0 Å². The first kappa shape index (κ1) is 16.1. The van der Waals surface area contributed by atoms with Crippen LogP contribution in [0.3, 0.4) is 0 Å². The van der Waals surface area contributed by atoms with Crippen LogP contribution in [0.2, 0.25) is 0 Å². The molecule has 0 unspecified atom stereocenters. The van der Waals surface area contributed by atoms with Crippen LogP contribution in [0.1, 0.15) is 38.3 Å². The van der Waals surface area contributed by atoms with E-state index < -0.39 is 0 Å². The van der Waals surface area contributed by atoms with E-state index in [2.05, 4.69) is 80.1 Å². The molecule has 0 aliphatic carbocycles. The Labute approximate surface area is 133 Å². The first-order valence-corrected chi connectivity index (χ1v) is 8.41. The van der Waals surface area contributed by atoms with Gasteiger partial charge in [-0.05, 0) is 53.5 Å². The summed E-state index contributed by atoms with van der Waals surface area (Å²) in [6.07, 6.45) is 2.30. The summed E-state index contributed by atoms with van der Waals surface area (Å²) < 4.78 is 3.45. The van der Waals surface area contributed by atoms with Crippen molar-refractivity contribution in [1.82, 2.24) is 4.72 Å². The van der Waals surface area contributed by atoms with E-state index in [1.807, 2.05) is 0 Å². The van der Waals surface area contributed by atoms with Crippen molar-refractivity contribution in [3.63, 3.8) is 0 Å². The summed E-state index contributed by atoms with van der Waals surface area (Å²) in [5.41, 5.74) is 3.03. The maximum atomic E-state index is 3.45. The molecule has 1 N–H and O–H groups in total. The second-order valence-electron chi connectivity index (χ2n) is 6.36. The Balaban J connectivity index is 1.69. The maximum Gasteiger partial charge on any atom is 0.0228 e. The number of hydrogen-bond donors (Lipinski definition) is 1. The van der Waals surface area contributed by atoms with Gasteiger partial charge in [-0.3, -0.25) is 4.72 Å². The van der Waals surface area contributed by atoms with Crippen molar-refractivity contribution in [2.24, 2.45) is 0 Å². The molecular formula is C19H25NS. The standard InChI is InChI=1S/C19H25NS/c1-19(2,3)17-11-13-18(14-12-17)21-20-15-7-10-16-8-5-4-6-9-16/h4-6,8-9,11-14,20H,7,10,15H2,1-3H3. The van der Waals surface area contributed by atoms with Gasteiger partial charge in [-0.15, -0.1) is 0 Å². The summed E-state index contributed by atoms with van der Waals surface area (Å²) in [6.45, 7) is 7.77. The Kier molecular flexibility index (Phi) is 5.89. The summed E-state index contributed by atoms with van der Waals surface area (Å²) >= 11 is 1.72. The predicted molar refractivity (Wildman–Crippen MR) is 93.8 cm³/mol. The normalized spacial score (nSPS) is 11.6. The minimum atomic E-state index is 0.228. The molecule has 1 nitrogen and oxygen atoms in total. The Morgan fingerprint density at radius 2 is 1.57 bits per heavy atom. The summed E-state index contributed by atoms with van der Waals surface area (Å²) in [7, 11) is 0. The second kappa shape index (κ2) is 7.67. The van der Waals surface area contributed by atoms with Gasteiger partial charge < -0.3 is 0 Å². The number of aryl methyl sites for hydroxylation is 1. The molecule has 0 fully saturated rings. The molecule has 112 valence electrons. The Morgan fingerprint density at radius 1 is 0.905 bits per heavy atom. The van der Waals surface area contributed by atoms with Gasteiger partial charge in [-0.2, -0.15) is 0 Å². The minimum absolute atomic E-state index is 0.228. The molecule has 0 radical (unpaired) electrons. The molecule has 0 atom stereocenters. The van der Waals surface area contributed by atoms with Crippen LogP contribution in [0.15, 0.2) is 59.5 Å². The van der Waals surface area contributed by atoms with Crippen LogP contribution in [0, 0.1) is 0 Å². The Bertz CT molecular complexity index is 526. The Morgan fingerprint density at radius 3 is 2.19 bits per heavy atom. The summed E-state index contributed by atoms with van der Waals surface area (Å²) in [5.74, 6) is 0. The van der Waals surface area contributed by atoms with Gasteiger partial charge in [-0.25, -0.2) is 0 Å². The molecule has 0 aromatic heterocycles. The van der Waals surface area contributed by atoms with E-state index in [9.17, 15) is 0 Å². The van der Waals surface area contributed by atoms with E-state index in [0.717, 1.165) is 19.4 Å². The molecular weight excluding hydrogens is 274 g/mol. The van der Waals surface area contributed by atoms with Crippen LogP contribution < -0.4 is 4.72 Å². The molecule has 0 bridgehead atoms. The van der Waals surface area contributed by atoms with Crippen molar-refractivity contribution in [2.45, 2.75) is 43.9 Å². The third-order valence-electron chi connectivity index (χ3n) is 3.50. The van der Waals surface area contributed by atoms with Gasteiger partial charge in [0.2, 0.25) is 0 Å². The third kappa shape index (κ3) is 5.56. The van der Waals surface area contributed by atoms with Gasteiger partial charge in [0.05, 0.1) is 0 Å². The molecule has 0 aliphatic rings. The van der Waals surface area contributed by atoms with Crippen LogP contribution in [0.25, 0.3) is 0 Å². The number of rotatable bonds is 6. The average Bonchev–Trinajstić information content (AvgIpc) is 2.47.